The molecule has 0 aliphatic carbocycles. The van der Waals surface area contributed by atoms with Gasteiger partial charge in [0.1, 0.15) is 0 Å². The SMILES string of the molecule is Cc1ccccc1/C=C/C(C)O. The highest BCUT2D eigenvalue weighted by molar-refractivity contribution is 5.53. The molecule has 1 nitrogen and oxygen atoms in total. The Kier molecular flexibility index (Phi) is 3.06. The minimum atomic E-state index is -0.371. The predicted molar refractivity (Wildman–Crippen MR) is 51.9 cm³/mol. The summed E-state index contributed by atoms with van der Waals surface area (Å²) in [6.07, 6.45) is 3.35. The topological polar surface area (TPSA) is 20.2 Å². The molecule has 0 aliphatic rings. The number of aliphatic hydroxyl groups excluding tert-OH is 1. The summed E-state index contributed by atoms with van der Waals surface area (Å²) in [5.41, 5.74) is 2.40. The van der Waals surface area contributed by atoms with Crippen LogP contribution in [0.15, 0.2) is 30.3 Å². The van der Waals surface area contributed by atoms with E-state index in [2.05, 4.69) is 13.0 Å². The van der Waals surface area contributed by atoms with Crippen molar-refractivity contribution in [3.63, 3.8) is 0 Å². The Balaban J connectivity index is 2.82. The summed E-state index contributed by atoms with van der Waals surface area (Å²) >= 11 is 0. The van der Waals surface area contributed by atoms with Crippen LogP contribution in [0.5, 0.6) is 0 Å². The fourth-order valence-corrected chi connectivity index (χ4v) is 1.02. The maximum atomic E-state index is 9.02. The number of benzene rings is 1. The van der Waals surface area contributed by atoms with Crippen LogP contribution in [0.3, 0.4) is 0 Å². The first-order valence-corrected chi connectivity index (χ1v) is 4.12. The van der Waals surface area contributed by atoms with E-state index in [9.17, 15) is 0 Å². The first-order valence-electron chi connectivity index (χ1n) is 4.12. The average molecular weight is 162 g/mol. The number of aliphatic hydroxyl groups is 1. The van der Waals surface area contributed by atoms with Gasteiger partial charge in [0, 0.05) is 0 Å². The van der Waals surface area contributed by atoms with Crippen LogP contribution >= 0.6 is 0 Å². The molecule has 12 heavy (non-hydrogen) atoms. The molecule has 1 aromatic rings. The Morgan fingerprint density at radius 2 is 2.00 bits per heavy atom. The van der Waals surface area contributed by atoms with Crippen molar-refractivity contribution in [1.82, 2.24) is 0 Å². The van der Waals surface area contributed by atoms with Gasteiger partial charge in [0.2, 0.25) is 0 Å². The molecule has 1 heteroatoms. The highest BCUT2D eigenvalue weighted by Gasteiger charge is 1.91. The van der Waals surface area contributed by atoms with Crippen molar-refractivity contribution in [2.45, 2.75) is 20.0 Å². The minimum Gasteiger partial charge on any atom is -0.389 e. The first-order chi connectivity index (χ1) is 5.70. The molecule has 1 rings (SSSR count). The van der Waals surface area contributed by atoms with Crippen molar-refractivity contribution in [2.75, 3.05) is 0 Å². The second kappa shape index (κ2) is 4.07. The Hall–Kier alpha value is -1.08. The van der Waals surface area contributed by atoms with E-state index in [1.165, 1.54) is 11.1 Å². The van der Waals surface area contributed by atoms with Crippen molar-refractivity contribution in [3.8, 4) is 0 Å². The molecule has 0 spiro atoms. The van der Waals surface area contributed by atoms with Crippen LogP contribution in [0.25, 0.3) is 6.08 Å². The number of rotatable bonds is 2. The first kappa shape index (κ1) is 9.01. The molecule has 1 aromatic carbocycles. The number of aryl methyl sites for hydroxylation is 1. The van der Waals surface area contributed by atoms with E-state index in [1.807, 2.05) is 24.3 Å². The van der Waals surface area contributed by atoms with Crippen molar-refractivity contribution in [2.24, 2.45) is 0 Å². The summed E-state index contributed by atoms with van der Waals surface area (Å²) in [7, 11) is 0. The molecule has 64 valence electrons. The highest BCUT2D eigenvalue weighted by atomic mass is 16.3. The molecule has 0 aromatic heterocycles. The molecule has 0 saturated carbocycles. The molecule has 0 fully saturated rings. The smallest absolute Gasteiger partial charge is 0.0696 e. The minimum absolute atomic E-state index is 0.371. The van der Waals surface area contributed by atoms with Crippen LogP contribution in [0.1, 0.15) is 18.1 Å². The molecule has 1 atom stereocenters. The molecule has 0 heterocycles. The second-order valence-electron chi connectivity index (χ2n) is 2.96. The van der Waals surface area contributed by atoms with Gasteiger partial charge in [-0.2, -0.15) is 0 Å². The average Bonchev–Trinajstić information content (AvgIpc) is 2.03. The van der Waals surface area contributed by atoms with Crippen molar-refractivity contribution in [1.29, 1.82) is 0 Å². The summed E-state index contributed by atoms with van der Waals surface area (Å²) < 4.78 is 0. The van der Waals surface area contributed by atoms with E-state index >= 15 is 0 Å². The Morgan fingerprint density at radius 3 is 2.58 bits per heavy atom. The van der Waals surface area contributed by atoms with Gasteiger partial charge in [0.05, 0.1) is 6.10 Å². The number of hydrogen-bond acceptors (Lipinski definition) is 1. The summed E-state index contributed by atoms with van der Waals surface area (Å²) in [6, 6.07) is 8.10. The third-order valence-electron chi connectivity index (χ3n) is 1.74. The Labute approximate surface area is 73.4 Å². The zero-order valence-corrected chi connectivity index (χ0v) is 7.49. The van der Waals surface area contributed by atoms with Gasteiger partial charge >= 0.3 is 0 Å². The van der Waals surface area contributed by atoms with Crippen LogP contribution in [0.2, 0.25) is 0 Å². The van der Waals surface area contributed by atoms with Gasteiger partial charge in [-0.05, 0) is 25.0 Å². The van der Waals surface area contributed by atoms with Gasteiger partial charge < -0.3 is 5.11 Å². The van der Waals surface area contributed by atoms with E-state index in [4.69, 9.17) is 5.11 Å². The van der Waals surface area contributed by atoms with Gasteiger partial charge in [-0.3, -0.25) is 0 Å². The summed E-state index contributed by atoms with van der Waals surface area (Å²) in [6.45, 7) is 3.80. The molecule has 0 aliphatic heterocycles. The van der Waals surface area contributed by atoms with Crippen LogP contribution in [-0.2, 0) is 0 Å². The van der Waals surface area contributed by atoms with E-state index < -0.39 is 0 Å². The van der Waals surface area contributed by atoms with Crippen LogP contribution in [0.4, 0.5) is 0 Å². The maximum absolute atomic E-state index is 9.02. The van der Waals surface area contributed by atoms with Crippen molar-refractivity contribution >= 4 is 6.08 Å². The van der Waals surface area contributed by atoms with Gasteiger partial charge in [-0.1, -0.05) is 36.4 Å². The molecule has 1 unspecified atom stereocenters. The molecular weight excluding hydrogens is 148 g/mol. The molecule has 0 saturated heterocycles. The Morgan fingerprint density at radius 1 is 1.33 bits per heavy atom. The maximum Gasteiger partial charge on any atom is 0.0696 e. The lowest BCUT2D eigenvalue weighted by molar-refractivity contribution is 0.245. The fraction of sp³-hybridized carbons (Fsp3) is 0.273. The van der Waals surface area contributed by atoms with Crippen molar-refractivity contribution in [3.05, 3.63) is 41.5 Å². The van der Waals surface area contributed by atoms with E-state index in [1.54, 1.807) is 13.0 Å². The van der Waals surface area contributed by atoms with Gasteiger partial charge in [0.15, 0.2) is 0 Å². The Bertz CT molecular complexity index is 274. The lowest BCUT2D eigenvalue weighted by Gasteiger charge is -1.99. The largest absolute Gasteiger partial charge is 0.389 e. The fourth-order valence-electron chi connectivity index (χ4n) is 1.02. The van der Waals surface area contributed by atoms with Crippen LogP contribution in [-0.4, -0.2) is 11.2 Å². The predicted octanol–water partition coefficient (Wildman–Crippen LogP) is 2.39. The normalized spacial score (nSPS) is 13.6. The summed E-state index contributed by atoms with van der Waals surface area (Å²) in [4.78, 5) is 0. The van der Waals surface area contributed by atoms with E-state index in [0.717, 1.165) is 0 Å². The van der Waals surface area contributed by atoms with Crippen molar-refractivity contribution < 1.29 is 5.11 Å². The standard InChI is InChI=1S/C11H14O/c1-9-5-3-4-6-11(9)8-7-10(2)12/h3-8,10,12H,1-2H3/b8-7+. The molecule has 0 bridgehead atoms. The van der Waals surface area contributed by atoms with Crippen LogP contribution < -0.4 is 0 Å². The number of hydrogen-bond donors (Lipinski definition) is 1. The summed E-state index contributed by atoms with van der Waals surface area (Å²) in [5, 5.41) is 9.02. The van der Waals surface area contributed by atoms with E-state index in [-0.39, 0.29) is 6.10 Å². The zero-order valence-electron chi connectivity index (χ0n) is 7.49. The molecule has 1 N–H and O–H groups in total. The van der Waals surface area contributed by atoms with Gasteiger partial charge in [0.25, 0.3) is 0 Å². The van der Waals surface area contributed by atoms with Gasteiger partial charge in [-0.15, -0.1) is 0 Å². The third kappa shape index (κ3) is 2.51. The quantitative estimate of drug-likeness (QED) is 0.708. The zero-order chi connectivity index (χ0) is 8.97. The molecule has 0 radical (unpaired) electrons. The lowest BCUT2D eigenvalue weighted by Crippen LogP contribution is -1.91. The van der Waals surface area contributed by atoms with Gasteiger partial charge in [-0.25, -0.2) is 0 Å². The lowest BCUT2D eigenvalue weighted by atomic mass is 10.1. The monoisotopic (exact) mass is 162 g/mol. The van der Waals surface area contributed by atoms with E-state index in [0.29, 0.717) is 0 Å². The molecular formula is C11H14O. The second-order valence-corrected chi connectivity index (χ2v) is 2.96. The third-order valence-corrected chi connectivity index (χ3v) is 1.74. The molecule has 0 amide bonds. The summed E-state index contributed by atoms with van der Waals surface area (Å²) in [5.74, 6) is 0. The van der Waals surface area contributed by atoms with Crippen LogP contribution in [0, 0.1) is 6.92 Å². The highest BCUT2D eigenvalue weighted by Crippen LogP contribution is 2.08.